The van der Waals surface area contributed by atoms with E-state index in [0.29, 0.717) is 6.42 Å². The van der Waals surface area contributed by atoms with Crippen molar-refractivity contribution in [2.45, 2.75) is 19.3 Å². The molecule has 0 aliphatic rings. The molecule has 3 rings (SSSR count). The van der Waals surface area contributed by atoms with E-state index in [0.717, 1.165) is 29.7 Å². The molecule has 2 heterocycles. The number of nitrogens with zero attached hydrogens (tertiary/aromatic N) is 2. The van der Waals surface area contributed by atoms with Crippen LogP contribution in [0.4, 0.5) is 5.69 Å². The van der Waals surface area contributed by atoms with Crippen molar-refractivity contribution in [2.24, 2.45) is 0 Å². The lowest BCUT2D eigenvalue weighted by atomic mass is 10.0. The topological polar surface area (TPSA) is 70.7 Å². The van der Waals surface area contributed by atoms with E-state index in [4.69, 9.17) is 0 Å². The minimum Gasteiger partial charge on any atom is -0.325 e. The van der Waals surface area contributed by atoms with E-state index < -0.39 is 0 Å². The van der Waals surface area contributed by atoms with Crippen LogP contribution in [0, 0.1) is 0 Å². The average Bonchev–Trinajstić information content (AvgIpc) is 3.11. The Hall–Kier alpha value is -2.95. The van der Waals surface area contributed by atoms with Gasteiger partial charge in [0.25, 0.3) is 0 Å². The number of aromatic amines is 1. The van der Waals surface area contributed by atoms with Gasteiger partial charge in [0.1, 0.15) is 0 Å². The third-order valence-corrected chi connectivity index (χ3v) is 3.60. The number of hydrogen-bond acceptors (Lipinski definition) is 3. The molecule has 5 nitrogen and oxygen atoms in total. The molecule has 0 unspecified atom stereocenters. The number of amides is 1. The van der Waals surface area contributed by atoms with E-state index >= 15 is 0 Å². The lowest BCUT2D eigenvalue weighted by molar-refractivity contribution is -0.116. The van der Waals surface area contributed by atoms with Crippen LogP contribution in [0.1, 0.15) is 18.4 Å². The second-order valence-electron chi connectivity index (χ2n) is 5.33. The summed E-state index contributed by atoms with van der Waals surface area (Å²) >= 11 is 0. The average molecular weight is 306 g/mol. The van der Waals surface area contributed by atoms with Crippen molar-refractivity contribution in [2.75, 3.05) is 5.32 Å². The molecule has 5 heteroatoms. The summed E-state index contributed by atoms with van der Waals surface area (Å²) in [6, 6.07) is 12.0. The molecule has 23 heavy (non-hydrogen) atoms. The summed E-state index contributed by atoms with van der Waals surface area (Å²) < 4.78 is 0. The van der Waals surface area contributed by atoms with Crippen LogP contribution in [0.25, 0.3) is 11.1 Å². The van der Waals surface area contributed by atoms with Crippen LogP contribution in [-0.4, -0.2) is 21.1 Å². The Kier molecular flexibility index (Phi) is 4.79. The highest BCUT2D eigenvalue weighted by Crippen LogP contribution is 2.18. The first kappa shape index (κ1) is 15.0. The normalized spacial score (nSPS) is 10.4. The molecule has 0 spiro atoms. The van der Waals surface area contributed by atoms with Gasteiger partial charge in [0, 0.05) is 24.4 Å². The van der Waals surface area contributed by atoms with Crippen molar-refractivity contribution in [3.05, 3.63) is 66.7 Å². The molecule has 0 radical (unpaired) electrons. The lowest BCUT2D eigenvalue weighted by Gasteiger charge is -2.05. The van der Waals surface area contributed by atoms with Gasteiger partial charge in [-0.3, -0.25) is 14.9 Å². The number of nitrogens with one attached hydrogen (secondary N) is 2. The molecule has 3 aromatic rings. The smallest absolute Gasteiger partial charge is 0.224 e. The van der Waals surface area contributed by atoms with E-state index in [1.165, 1.54) is 5.56 Å². The molecule has 0 saturated heterocycles. The first-order valence-electron chi connectivity index (χ1n) is 7.59. The first-order chi connectivity index (χ1) is 11.3. The molecule has 0 saturated carbocycles. The maximum absolute atomic E-state index is 11.9. The number of carbonyl (C=O) groups excluding carboxylic acids is 1. The van der Waals surface area contributed by atoms with E-state index in [2.05, 4.69) is 44.8 Å². The summed E-state index contributed by atoms with van der Waals surface area (Å²) in [6.07, 6.45) is 9.20. The van der Waals surface area contributed by atoms with Crippen molar-refractivity contribution < 1.29 is 4.79 Å². The van der Waals surface area contributed by atoms with Crippen LogP contribution >= 0.6 is 0 Å². The van der Waals surface area contributed by atoms with Crippen LogP contribution in [0.15, 0.2) is 61.2 Å². The summed E-state index contributed by atoms with van der Waals surface area (Å²) in [5, 5.41) is 9.61. The summed E-state index contributed by atoms with van der Waals surface area (Å²) in [5.41, 5.74) is 4.18. The predicted molar refractivity (Wildman–Crippen MR) is 89.8 cm³/mol. The van der Waals surface area contributed by atoms with Crippen molar-refractivity contribution >= 4 is 11.6 Å². The largest absolute Gasteiger partial charge is 0.325 e. The highest BCUT2D eigenvalue weighted by atomic mass is 16.1. The first-order valence-corrected chi connectivity index (χ1v) is 7.59. The molecule has 0 aliphatic carbocycles. The zero-order valence-corrected chi connectivity index (χ0v) is 12.7. The Morgan fingerprint density at radius 2 is 1.96 bits per heavy atom. The number of hydrogen-bond donors (Lipinski definition) is 2. The second-order valence-corrected chi connectivity index (χ2v) is 5.33. The third-order valence-electron chi connectivity index (χ3n) is 3.60. The van der Waals surface area contributed by atoms with Gasteiger partial charge < -0.3 is 5.32 Å². The summed E-state index contributed by atoms with van der Waals surface area (Å²) in [6.45, 7) is 0. The molecule has 1 amide bonds. The van der Waals surface area contributed by atoms with Gasteiger partial charge >= 0.3 is 0 Å². The van der Waals surface area contributed by atoms with Gasteiger partial charge in [-0.25, -0.2) is 0 Å². The van der Waals surface area contributed by atoms with Gasteiger partial charge in [0.15, 0.2) is 0 Å². The van der Waals surface area contributed by atoms with Crippen LogP contribution < -0.4 is 5.32 Å². The van der Waals surface area contributed by atoms with Crippen LogP contribution in [0.5, 0.6) is 0 Å². The second kappa shape index (κ2) is 7.35. The SMILES string of the molecule is O=C(CCCc1ccc(-c2cn[nH]c2)cc1)Nc1cccnc1. The van der Waals surface area contributed by atoms with E-state index in [1.807, 2.05) is 12.3 Å². The van der Waals surface area contributed by atoms with Crippen LogP contribution in [0.2, 0.25) is 0 Å². The van der Waals surface area contributed by atoms with Crippen molar-refractivity contribution in [1.29, 1.82) is 0 Å². The van der Waals surface area contributed by atoms with Crippen molar-refractivity contribution in [3.8, 4) is 11.1 Å². The molecule has 0 aliphatic heterocycles. The van der Waals surface area contributed by atoms with E-state index in [9.17, 15) is 4.79 Å². The fourth-order valence-electron chi connectivity index (χ4n) is 2.39. The Bertz CT molecular complexity index is 736. The van der Waals surface area contributed by atoms with Gasteiger partial charge in [0.05, 0.1) is 18.1 Å². The molecule has 0 bridgehead atoms. The number of H-pyrrole nitrogens is 1. The monoisotopic (exact) mass is 306 g/mol. The molecular weight excluding hydrogens is 288 g/mol. The zero-order valence-electron chi connectivity index (χ0n) is 12.7. The highest BCUT2D eigenvalue weighted by molar-refractivity contribution is 5.90. The summed E-state index contributed by atoms with van der Waals surface area (Å²) in [4.78, 5) is 15.8. The molecule has 1 aromatic carbocycles. The quantitative estimate of drug-likeness (QED) is 0.733. The number of aryl methyl sites for hydroxylation is 1. The van der Waals surface area contributed by atoms with Gasteiger partial charge in [-0.1, -0.05) is 24.3 Å². The van der Waals surface area contributed by atoms with Gasteiger partial charge in [-0.15, -0.1) is 0 Å². The molecule has 0 atom stereocenters. The lowest BCUT2D eigenvalue weighted by Crippen LogP contribution is -2.11. The van der Waals surface area contributed by atoms with Gasteiger partial charge in [0.2, 0.25) is 5.91 Å². The zero-order chi connectivity index (χ0) is 15.9. The Morgan fingerprint density at radius 3 is 2.65 bits per heavy atom. The van der Waals surface area contributed by atoms with Crippen LogP contribution in [-0.2, 0) is 11.2 Å². The number of benzene rings is 1. The molecule has 116 valence electrons. The number of rotatable bonds is 6. The molecule has 2 aromatic heterocycles. The number of carbonyl (C=O) groups is 1. The Labute approximate surface area is 134 Å². The third kappa shape index (κ3) is 4.26. The Balaban J connectivity index is 1.46. The van der Waals surface area contributed by atoms with Gasteiger partial charge in [-0.2, -0.15) is 5.10 Å². The van der Waals surface area contributed by atoms with Gasteiger partial charge in [-0.05, 0) is 36.1 Å². The molecule has 2 N–H and O–H groups in total. The summed E-state index contributed by atoms with van der Waals surface area (Å²) in [7, 11) is 0. The number of pyridine rings is 1. The Morgan fingerprint density at radius 1 is 1.09 bits per heavy atom. The van der Waals surface area contributed by atoms with E-state index in [1.54, 1.807) is 24.7 Å². The maximum Gasteiger partial charge on any atom is 0.224 e. The number of aromatic nitrogens is 3. The fraction of sp³-hybridized carbons (Fsp3) is 0.167. The minimum atomic E-state index is 0.0213. The van der Waals surface area contributed by atoms with E-state index in [-0.39, 0.29) is 5.91 Å². The standard InChI is InChI=1S/C18H18N4O/c23-18(22-17-4-2-10-19-13-17)5-1-3-14-6-8-15(9-7-14)16-11-20-21-12-16/h2,4,6-13H,1,3,5H2,(H,20,21)(H,22,23). The number of anilines is 1. The predicted octanol–water partition coefficient (Wildman–Crippen LogP) is 3.43. The van der Waals surface area contributed by atoms with Crippen molar-refractivity contribution in [3.63, 3.8) is 0 Å². The minimum absolute atomic E-state index is 0.0213. The fourth-order valence-corrected chi connectivity index (χ4v) is 2.39. The van der Waals surface area contributed by atoms with Crippen molar-refractivity contribution in [1.82, 2.24) is 15.2 Å². The highest BCUT2D eigenvalue weighted by Gasteiger charge is 2.03. The van der Waals surface area contributed by atoms with Crippen LogP contribution in [0.3, 0.4) is 0 Å². The molecule has 0 fully saturated rings. The maximum atomic E-state index is 11.9. The molecular formula is C18H18N4O. The summed E-state index contributed by atoms with van der Waals surface area (Å²) in [5.74, 6) is 0.0213.